The maximum atomic E-state index is 12.3. The number of amides is 1. The van der Waals surface area contributed by atoms with Gasteiger partial charge in [0.15, 0.2) is 0 Å². The SMILES string of the molecule is N=CC1C[C@H]2CC[C@@H](C1)N2C(=O)OCc1ccccc1. The number of nitrogens with one attached hydrogen (secondary N) is 1. The molecule has 0 saturated carbocycles. The number of carbonyl (C=O) groups is 1. The fraction of sp³-hybridized carbons (Fsp3) is 0.500. The fourth-order valence-electron chi connectivity index (χ4n) is 3.45. The minimum absolute atomic E-state index is 0.190. The molecule has 2 fully saturated rings. The first-order valence-corrected chi connectivity index (χ1v) is 7.27. The molecule has 106 valence electrons. The fourth-order valence-corrected chi connectivity index (χ4v) is 3.45. The Morgan fingerprint density at radius 3 is 2.50 bits per heavy atom. The Balaban J connectivity index is 1.59. The van der Waals surface area contributed by atoms with Crippen LogP contribution >= 0.6 is 0 Å². The van der Waals surface area contributed by atoms with Gasteiger partial charge in [0, 0.05) is 12.1 Å². The molecular formula is C16H20N2O2. The summed E-state index contributed by atoms with van der Waals surface area (Å²) in [5, 5.41) is 7.41. The van der Waals surface area contributed by atoms with Gasteiger partial charge in [-0.15, -0.1) is 0 Å². The number of carbonyl (C=O) groups excluding carboxylic acids is 1. The first-order chi connectivity index (χ1) is 9.78. The van der Waals surface area contributed by atoms with Crippen LogP contribution in [0.25, 0.3) is 0 Å². The van der Waals surface area contributed by atoms with E-state index >= 15 is 0 Å². The molecule has 1 amide bonds. The van der Waals surface area contributed by atoms with Crippen LogP contribution in [0.3, 0.4) is 0 Å². The summed E-state index contributed by atoms with van der Waals surface area (Å²) in [5.41, 5.74) is 1.02. The van der Waals surface area contributed by atoms with Crippen LogP contribution in [0.1, 0.15) is 31.2 Å². The second-order valence-corrected chi connectivity index (χ2v) is 5.73. The maximum Gasteiger partial charge on any atom is 0.410 e. The van der Waals surface area contributed by atoms with Crippen molar-refractivity contribution in [2.45, 2.75) is 44.4 Å². The highest BCUT2D eigenvalue weighted by molar-refractivity contribution is 5.70. The largest absolute Gasteiger partial charge is 0.445 e. The molecule has 0 radical (unpaired) electrons. The summed E-state index contributed by atoms with van der Waals surface area (Å²) < 4.78 is 5.45. The molecule has 0 aliphatic carbocycles. The molecule has 4 heteroatoms. The Morgan fingerprint density at radius 2 is 1.90 bits per heavy atom. The van der Waals surface area contributed by atoms with Gasteiger partial charge in [0.2, 0.25) is 0 Å². The number of nitrogens with zero attached hydrogens (tertiary/aromatic N) is 1. The molecule has 2 aliphatic heterocycles. The zero-order chi connectivity index (χ0) is 13.9. The topological polar surface area (TPSA) is 53.4 Å². The number of hydrogen-bond acceptors (Lipinski definition) is 3. The van der Waals surface area contributed by atoms with Gasteiger partial charge in [-0.25, -0.2) is 4.79 Å². The van der Waals surface area contributed by atoms with Crippen LogP contribution in [0.5, 0.6) is 0 Å². The van der Waals surface area contributed by atoms with E-state index in [-0.39, 0.29) is 18.2 Å². The van der Waals surface area contributed by atoms with Gasteiger partial charge in [0.1, 0.15) is 6.61 Å². The molecule has 2 bridgehead atoms. The van der Waals surface area contributed by atoms with Gasteiger partial charge >= 0.3 is 6.09 Å². The van der Waals surface area contributed by atoms with Crippen LogP contribution < -0.4 is 0 Å². The molecule has 2 heterocycles. The Bertz CT molecular complexity index is 475. The monoisotopic (exact) mass is 272 g/mol. The van der Waals surface area contributed by atoms with E-state index in [2.05, 4.69) is 0 Å². The van der Waals surface area contributed by atoms with Gasteiger partial charge in [-0.3, -0.25) is 0 Å². The van der Waals surface area contributed by atoms with Crippen LogP contribution in [0.4, 0.5) is 4.79 Å². The first kappa shape index (κ1) is 13.2. The van der Waals surface area contributed by atoms with Crippen molar-refractivity contribution in [3.8, 4) is 0 Å². The summed E-state index contributed by atoms with van der Waals surface area (Å²) in [4.78, 5) is 14.2. The predicted octanol–water partition coefficient (Wildman–Crippen LogP) is 3.22. The van der Waals surface area contributed by atoms with Crippen LogP contribution in [-0.2, 0) is 11.3 Å². The number of fused-ring (bicyclic) bond motifs is 2. The van der Waals surface area contributed by atoms with E-state index in [1.54, 1.807) is 0 Å². The molecule has 2 aliphatic rings. The molecule has 0 spiro atoms. The molecule has 1 unspecified atom stereocenters. The summed E-state index contributed by atoms with van der Waals surface area (Å²) in [6.45, 7) is 0.337. The summed E-state index contributed by atoms with van der Waals surface area (Å²) in [6, 6.07) is 10.3. The number of benzene rings is 1. The average Bonchev–Trinajstić information content (AvgIpc) is 2.76. The van der Waals surface area contributed by atoms with Gasteiger partial charge in [-0.2, -0.15) is 0 Å². The molecule has 3 rings (SSSR count). The number of hydrogen-bond donors (Lipinski definition) is 1. The molecule has 1 aromatic carbocycles. The number of rotatable bonds is 3. The molecule has 0 aromatic heterocycles. The van der Waals surface area contributed by atoms with Gasteiger partial charge in [0.25, 0.3) is 0 Å². The molecule has 4 nitrogen and oxygen atoms in total. The Hall–Kier alpha value is -1.84. The number of ether oxygens (including phenoxy) is 1. The Kier molecular flexibility index (Phi) is 3.72. The van der Waals surface area contributed by atoms with Crippen molar-refractivity contribution in [2.75, 3.05) is 0 Å². The molecule has 20 heavy (non-hydrogen) atoms. The second kappa shape index (κ2) is 5.65. The molecule has 1 N–H and O–H groups in total. The van der Waals surface area contributed by atoms with Crippen LogP contribution in [0, 0.1) is 11.3 Å². The quantitative estimate of drug-likeness (QED) is 0.859. The first-order valence-electron chi connectivity index (χ1n) is 7.27. The standard InChI is InChI=1S/C16H20N2O2/c17-10-13-8-14-6-7-15(9-13)18(14)16(19)20-11-12-4-2-1-3-5-12/h1-5,10,13-15,17H,6-9,11H2/t13?,14-,15+. The molecule has 2 saturated heterocycles. The summed E-state index contributed by atoms with van der Waals surface area (Å²) in [7, 11) is 0. The van der Waals surface area contributed by atoms with E-state index in [4.69, 9.17) is 10.1 Å². The Morgan fingerprint density at radius 1 is 1.25 bits per heavy atom. The van der Waals surface area contributed by atoms with Gasteiger partial charge in [-0.1, -0.05) is 30.3 Å². The average molecular weight is 272 g/mol. The highest BCUT2D eigenvalue weighted by atomic mass is 16.6. The van der Waals surface area contributed by atoms with Gasteiger partial charge in [-0.05, 0) is 43.4 Å². The van der Waals surface area contributed by atoms with Crippen molar-refractivity contribution >= 4 is 12.3 Å². The lowest BCUT2D eigenvalue weighted by molar-refractivity contribution is 0.0602. The van der Waals surface area contributed by atoms with E-state index in [1.807, 2.05) is 35.2 Å². The van der Waals surface area contributed by atoms with E-state index in [1.165, 1.54) is 6.21 Å². The van der Waals surface area contributed by atoms with E-state index in [0.29, 0.717) is 12.5 Å². The van der Waals surface area contributed by atoms with Gasteiger partial charge < -0.3 is 15.0 Å². The normalized spacial score (nSPS) is 28.2. The van der Waals surface area contributed by atoms with Crippen LogP contribution in [-0.4, -0.2) is 29.3 Å². The van der Waals surface area contributed by atoms with Crippen LogP contribution in [0.15, 0.2) is 30.3 Å². The van der Waals surface area contributed by atoms with Crippen molar-refractivity contribution in [1.82, 2.24) is 4.90 Å². The van der Waals surface area contributed by atoms with E-state index in [0.717, 1.165) is 31.2 Å². The summed E-state index contributed by atoms with van der Waals surface area (Å²) >= 11 is 0. The van der Waals surface area contributed by atoms with Crippen molar-refractivity contribution in [1.29, 1.82) is 5.41 Å². The summed E-state index contributed by atoms with van der Waals surface area (Å²) in [6.07, 6.45) is 5.29. The Labute approximate surface area is 119 Å². The van der Waals surface area contributed by atoms with Gasteiger partial charge in [0.05, 0.1) is 0 Å². The third-order valence-corrected chi connectivity index (χ3v) is 4.42. The number of piperidine rings is 1. The van der Waals surface area contributed by atoms with Crippen molar-refractivity contribution < 1.29 is 9.53 Å². The van der Waals surface area contributed by atoms with E-state index in [9.17, 15) is 4.79 Å². The lowest BCUT2D eigenvalue weighted by Gasteiger charge is -2.36. The zero-order valence-corrected chi connectivity index (χ0v) is 11.5. The molecular weight excluding hydrogens is 252 g/mol. The van der Waals surface area contributed by atoms with Crippen molar-refractivity contribution in [3.05, 3.63) is 35.9 Å². The highest BCUT2D eigenvalue weighted by Crippen LogP contribution is 2.38. The van der Waals surface area contributed by atoms with Crippen LogP contribution in [0.2, 0.25) is 0 Å². The third kappa shape index (κ3) is 2.55. The minimum atomic E-state index is -0.190. The van der Waals surface area contributed by atoms with E-state index < -0.39 is 0 Å². The molecule has 3 atom stereocenters. The summed E-state index contributed by atoms with van der Waals surface area (Å²) in [5.74, 6) is 0.339. The smallest absolute Gasteiger partial charge is 0.410 e. The lowest BCUT2D eigenvalue weighted by Crippen LogP contribution is -2.47. The predicted molar refractivity (Wildman–Crippen MR) is 76.8 cm³/mol. The van der Waals surface area contributed by atoms with Crippen molar-refractivity contribution in [2.24, 2.45) is 5.92 Å². The molecule has 1 aromatic rings. The van der Waals surface area contributed by atoms with Crippen molar-refractivity contribution in [3.63, 3.8) is 0 Å². The lowest BCUT2D eigenvalue weighted by atomic mass is 9.92. The zero-order valence-electron chi connectivity index (χ0n) is 11.5. The second-order valence-electron chi connectivity index (χ2n) is 5.73. The maximum absolute atomic E-state index is 12.3. The highest BCUT2D eigenvalue weighted by Gasteiger charge is 2.43. The third-order valence-electron chi connectivity index (χ3n) is 4.42. The minimum Gasteiger partial charge on any atom is -0.445 e.